The van der Waals surface area contributed by atoms with Gasteiger partial charge >= 0.3 is 5.97 Å². The molecule has 0 fully saturated rings. The third kappa shape index (κ3) is 4.91. The van der Waals surface area contributed by atoms with E-state index in [0.717, 1.165) is 12.1 Å². The van der Waals surface area contributed by atoms with Crippen LogP contribution in [-0.2, 0) is 19.6 Å². The minimum atomic E-state index is -4.04. The normalized spacial score (nSPS) is 10.9. The van der Waals surface area contributed by atoms with Crippen molar-refractivity contribution in [2.24, 2.45) is 0 Å². The van der Waals surface area contributed by atoms with Gasteiger partial charge in [0.05, 0.1) is 23.7 Å². The van der Waals surface area contributed by atoms with Crippen molar-refractivity contribution in [2.45, 2.75) is 13.3 Å². The standard InChI is InChI=1S/C11H14N2O7S/c1-2-20-10(15)6-7-21(18,19)12-11-8(13(16)17)4-3-5-9(11)14/h3-5,12,14H,2,6-7H2,1H3. The Balaban J connectivity index is 2.90. The minimum Gasteiger partial charge on any atom is -0.505 e. The zero-order valence-corrected chi connectivity index (χ0v) is 11.9. The Bertz CT molecular complexity index is 642. The molecule has 0 aliphatic heterocycles. The monoisotopic (exact) mass is 318 g/mol. The van der Waals surface area contributed by atoms with E-state index in [1.807, 2.05) is 4.72 Å². The van der Waals surface area contributed by atoms with Crippen LogP contribution in [0.1, 0.15) is 13.3 Å². The number of para-hydroxylation sites is 1. The number of nitro benzene ring substituents is 1. The second kappa shape index (κ2) is 6.88. The number of nitrogens with zero attached hydrogens (tertiary/aromatic N) is 1. The lowest BCUT2D eigenvalue weighted by molar-refractivity contribution is -0.383. The first kappa shape index (κ1) is 16.7. The van der Waals surface area contributed by atoms with Gasteiger partial charge in [0.2, 0.25) is 10.0 Å². The molecule has 2 N–H and O–H groups in total. The first-order valence-corrected chi connectivity index (χ1v) is 7.54. The minimum absolute atomic E-state index is 0.122. The lowest BCUT2D eigenvalue weighted by Crippen LogP contribution is -2.20. The van der Waals surface area contributed by atoms with Crippen molar-refractivity contribution in [3.63, 3.8) is 0 Å². The first-order chi connectivity index (χ1) is 9.76. The molecule has 9 nitrogen and oxygen atoms in total. The largest absolute Gasteiger partial charge is 0.505 e. The van der Waals surface area contributed by atoms with Gasteiger partial charge < -0.3 is 9.84 Å². The van der Waals surface area contributed by atoms with Crippen LogP contribution in [0.5, 0.6) is 5.75 Å². The number of hydrogen-bond acceptors (Lipinski definition) is 7. The Morgan fingerprint density at radius 1 is 1.48 bits per heavy atom. The van der Waals surface area contributed by atoms with Crippen LogP contribution in [0.25, 0.3) is 0 Å². The molecule has 1 rings (SSSR count). The van der Waals surface area contributed by atoms with E-state index in [1.54, 1.807) is 6.92 Å². The van der Waals surface area contributed by atoms with E-state index in [9.17, 15) is 28.4 Å². The fraction of sp³-hybridized carbons (Fsp3) is 0.364. The predicted molar refractivity (Wildman–Crippen MR) is 73.4 cm³/mol. The molecule has 21 heavy (non-hydrogen) atoms. The number of nitro groups is 1. The molecule has 1 aromatic rings. The number of hydrogen-bond donors (Lipinski definition) is 2. The molecule has 0 aliphatic rings. The Morgan fingerprint density at radius 3 is 2.71 bits per heavy atom. The SMILES string of the molecule is CCOC(=O)CCS(=O)(=O)Nc1c(O)cccc1[N+](=O)[O-]. The average Bonchev–Trinajstić information content (AvgIpc) is 2.39. The fourth-order valence-electron chi connectivity index (χ4n) is 1.44. The number of carbonyl (C=O) groups is 1. The van der Waals surface area contributed by atoms with Crippen LogP contribution in [-0.4, -0.2) is 36.8 Å². The number of nitrogens with one attached hydrogen (secondary N) is 1. The van der Waals surface area contributed by atoms with E-state index in [2.05, 4.69) is 4.74 Å². The molecule has 0 aromatic heterocycles. The van der Waals surface area contributed by atoms with Gasteiger partial charge in [-0.1, -0.05) is 6.07 Å². The van der Waals surface area contributed by atoms with E-state index in [-0.39, 0.29) is 6.61 Å². The van der Waals surface area contributed by atoms with Crippen molar-refractivity contribution in [2.75, 3.05) is 17.1 Å². The van der Waals surface area contributed by atoms with Crippen molar-refractivity contribution in [1.29, 1.82) is 0 Å². The zero-order chi connectivity index (χ0) is 16.0. The Hall–Kier alpha value is -2.36. The van der Waals surface area contributed by atoms with Gasteiger partial charge in [-0.2, -0.15) is 0 Å². The molecule has 0 aliphatic carbocycles. The molecule has 0 spiro atoms. The molecule has 1 aromatic carbocycles. The van der Waals surface area contributed by atoms with Gasteiger partial charge in [-0.3, -0.25) is 19.6 Å². The van der Waals surface area contributed by atoms with Gasteiger partial charge in [0, 0.05) is 6.07 Å². The van der Waals surface area contributed by atoms with Crippen molar-refractivity contribution in [3.05, 3.63) is 28.3 Å². The first-order valence-electron chi connectivity index (χ1n) is 5.89. The number of ether oxygens (including phenoxy) is 1. The van der Waals surface area contributed by atoms with Crippen molar-refractivity contribution >= 4 is 27.4 Å². The smallest absolute Gasteiger partial charge is 0.306 e. The van der Waals surface area contributed by atoms with E-state index in [4.69, 9.17) is 0 Å². The maximum Gasteiger partial charge on any atom is 0.306 e. The Kier molecular flexibility index (Phi) is 5.47. The van der Waals surface area contributed by atoms with Crippen molar-refractivity contribution < 1.29 is 28.0 Å². The molecule has 0 saturated carbocycles. The fourth-order valence-corrected chi connectivity index (χ4v) is 2.50. The number of sulfonamides is 1. The predicted octanol–water partition coefficient (Wildman–Crippen LogP) is 0.995. The number of phenols is 1. The van der Waals surface area contributed by atoms with Crippen LogP contribution in [0, 0.1) is 10.1 Å². The van der Waals surface area contributed by atoms with Gasteiger partial charge in [0.1, 0.15) is 5.75 Å². The van der Waals surface area contributed by atoms with Crippen LogP contribution < -0.4 is 4.72 Å². The molecule has 10 heteroatoms. The molecule has 0 heterocycles. The van der Waals surface area contributed by atoms with Crippen LogP contribution in [0.3, 0.4) is 0 Å². The van der Waals surface area contributed by atoms with Gasteiger partial charge in [0.25, 0.3) is 5.69 Å². The van der Waals surface area contributed by atoms with E-state index in [0.29, 0.717) is 0 Å². The van der Waals surface area contributed by atoms with Crippen LogP contribution in [0.15, 0.2) is 18.2 Å². The topological polar surface area (TPSA) is 136 Å². The molecule has 0 unspecified atom stereocenters. The summed E-state index contributed by atoms with van der Waals surface area (Å²) in [5.74, 6) is -1.89. The van der Waals surface area contributed by atoms with Crippen molar-refractivity contribution in [1.82, 2.24) is 0 Å². The van der Waals surface area contributed by atoms with Crippen LogP contribution in [0.4, 0.5) is 11.4 Å². The summed E-state index contributed by atoms with van der Waals surface area (Å²) in [6, 6.07) is 3.36. The summed E-state index contributed by atoms with van der Waals surface area (Å²) in [6.07, 6.45) is -0.398. The molecule has 0 radical (unpaired) electrons. The maximum atomic E-state index is 11.8. The lowest BCUT2D eigenvalue weighted by atomic mass is 10.2. The molecule has 0 amide bonds. The van der Waals surface area contributed by atoms with E-state index < -0.39 is 50.2 Å². The number of phenolic OH excluding ortho intramolecular Hbond substituents is 1. The second-order valence-electron chi connectivity index (χ2n) is 3.90. The summed E-state index contributed by atoms with van der Waals surface area (Å²) in [5.41, 5.74) is -1.12. The quantitative estimate of drug-likeness (QED) is 0.331. The summed E-state index contributed by atoms with van der Waals surface area (Å²) < 4.78 is 30.1. The van der Waals surface area contributed by atoms with Crippen molar-refractivity contribution in [3.8, 4) is 5.75 Å². The number of benzene rings is 1. The summed E-state index contributed by atoms with van der Waals surface area (Å²) >= 11 is 0. The number of esters is 1. The summed E-state index contributed by atoms with van der Waals surface area (Å²) in [4.78, 5) is 21.1. The molecular weight excluding hydrogens is 304 g/mol. The highest BCUT2D eigenvalue weighted by atomic mass is 32.2. The highest BCUT2D eigenvalue weighted by Gasteiger charge is 2.23. The average molecular weight is 318 g/mol. The van der Waals surface area contributed by atoms with Gasteiger partial charge in [-0.15, -0.1) is 0 Å². The molecule has 116 valence electrons. The van der Waals surface area contributed by atoms with Crippen LogP contribution >= 0.6 is 0 Å². The molecular formula is C11H14N2O7S. The third-order valence-electron chi connectivity index (χ3n) is 2.35. The van der Waals surface area contributed by atoms with Gasteiger partial charge in [-0.05, 0) is 13.0 Å². The lowest BCUT2D eigenvalue weighted by Gasteiger charge is -2.09. The van der Waals surface area contributed by atoms with E-state index >= 15 is 0 Å². The molecule has 0 saturated heterocycles. The molecule has 0 atom stereocenters. The second-order valence-corrected chi connectivity index (χ2v) is 5.75. The zero-order valence-electron chi connectivity index (χ0n) is 11.1. The number of aromatic hydroxyl groups is 1. The van der Waals surface area contributed by atoms with Crippen LogP contribution in [0.2, 0.25) is 0 Å². The number of carbonyl (C=O) groups excluding carboxylic acids is 1. The highest BCUT2D eigenvalue weighted by molar-refractivity contribution is 7.92. The Labute approximate surface area is 120 Å². The summed E-state index contributed by atoms with van der Waals surface area (Å²) in [5, 5.41) is 20.3. The Morgan fingerprint density at radius 2 is 2.14 bits per heavy atom. The van der Waals surface area contributed by atoms with E-state index in [1.165, 1.54) is 6.07 Å². The maximum absolute atomic E-state index is 11.8. The van der Waals surface area contributed by atoms with Gasteiger partial charge in [-0.25, -0.2) is 8.42 Å². The number of anilines is 1. The molecule has 0 bridgehead atoms. The highest BCUT2D eigenvalue weighted by Crippen LogP contribution is 2.33. The summed E-state index contributed by atoms with van der Waals surface area (Å²) in [6.45, 7) is 1.70. The van der Waals surface area contributed by atoms with Gasteiger partial charge in [0.15, 0.2) is 5.69 Å². The third-order valence-corrected chi connectivity index (χ3v) is 3.61. The summed E-state index contributed by atoms with van der Waals surface area (Å²) in [7, 11) is -4.04. The number of rotatable bonds is 7.